The Morgan fingerprint density at radius 2 is 1.79 bits per heavy atom. The molecule has 2 amide bonds. The van der Waals surface area contributed by atoms with Crippen LogP contribution in [0.3, 0.4) is 0 Å². The summed E-state index contributed by atoms with van der Waals surface area (Å²) in [6.45, 7) is 3.98. The van der Waals surface area contributed by atoms with E-state index in [1.807, 2.05) is 18.2 Å². The van der Waals surface area contributed by atoms with Crippen LogP contribution in [0.15, 0.2) is 66.3 Å². The smallest absolute Gasteiger partial charge is 0.240 e. The number of hydrogen-bond acceptors (Lipinski definition) is 5. The van der Waals surface area contributed by atoms with Gasteiger partial charge in [-0.05, 0) is 36.4 Å². The third kappa shape index (κ3) is 6.95. The van der Waals surface area contributed by atoms with Crippen molar-refractivity contribution in [1.82, 2.24) is 5.43 Å². The van der Waals surface area contributed by atoms with Crippen LogP contribution in [-0.4, -0.2) is 31.7 Å². The van der Waals surface area contributed by atoms with Crippen molar-refractivity contribution < 1.29 is 19.1 Å². The molecule has 0 saturated carbocycles. The maximum atomic E-state index is 11.9. The molecule has 0 spiro atoms. The number of anilines is 1. The number of rotatable bonds is 10. The molecule has 146 valence electrons. The van der Waals surface area contributed by atoms with E-state index in [-0.39, 0.29) is 24.7 Å². The second-order valence-corrected chi connectivity index (χ2v) is 5.71. The summed E-state index contributed by atoms with van der Waals surface area (Å²) in [4.78, 5) is 23.8. The van der Waals surface area contributed by atoms with Crippen LogP contribution in [0.5, 0.6) is 11.5 Å². The van der Waals surface area contributed by atoms with Gasteiger partial charge in [0.1, 0.15) is 18.1 Å². The van der Waals surface area contributed by atoms with E-state index in [1.54, 1.807) is 43.5 Å². The monoisotopic (exact) mass is 381 g/mol. The Morgan fingerprint density at radius 3 is 2.50 bits per heavy atom. The van der Waals surface area contributed by atoms with Gasteiger partial charge in [0.15, 0.2) is 0 Å². The average molecular weight is 381 g/mol. The largest absolute Gasteiger partial charge is 0.497 e. The van der Waals surface area contributed by atoms with Gasteiger partial charge in [-0.3, -0.25) is 9.59 Å². The lowest BCUT2D eigenvalue weighted by Gasteiger charge is -2.07. The zero-order valence-electron chi connectivity index (χ0n) is 15.7. The van der Waals surface area contributed by atoms with Gasteiger partial charge in [-0.1, -0.05) is 24.8 Å². The summed E-state index contributed by atoms with van der Waals surface area (Å²) in [5.41, 5.74) is 3.77. The third-order valence-corrected chi connectivity index (χ3v) is 3.62. The van der Waals surface area contributed by atoms with Crippen molar-refractivity contribution in [2.45, 2.75) is 12.8 Å². The van der Waals surface area contributed by atoms with Crippen LogP contribution in [0.2, 0.25) is 0 Å². The molecule has 28 heavy (non-hydrogen) atoms. The lowest BCUT2D eigenvalue weighted by molar-refractivity contribution is -0.124. The Morgan fingerprint density at radius 1 is 1.07 bits per heavy atom. The van der Waals surface area contributed by atoms with E-state index in [9.17, 15) is 9.59 Å². The van der Waals surface area contributed by atoms with Gasteiger partial charge in [-0.2, -0.15) is 5.10 Å². The molecule has 2 N–H and O–H groups in total. The summed E-state index contributed by atoms with van der Waals surface area (Å²) in [6, 6.07) is 14.2. The van der Waals surface area contributed by atoms with Gasteiger partial charge in [0.2, 0.25) is 11.8 Å². The molecule has 0 unspecified atom stereocenters. The zero-order valence-corrected chi connectivity index (χ0v) is 15.7. The van der Waals surface area contributed by atoms with E-state index in [0.29, 0.717) is 23.8 Å². The lowest BCUT2D eigenvalue weighted by atomic mass is 10.2. The number of nitrogens with one attached hydrogen (secondary N) is 2. The molecule has 0 aromatic heterocycles. The first-order chi connectivity index (χ1) is 13.6. The molecule has 7 nitrogen and oxygen atoms in total. The van der Waals surface area contributed by atoms with E-state index in [2.05, 4.69) is 22.4 Å². The molecule has 0 heterocycles. The summed E-state index contributed by atoms with van der Waals surface area (Å²) in [6.07, 6.45) is 3.21. The number of benzene rings is 2. The molecule has 0 aliphatic heterocycles. The van der Waals surface area contributed by atoms with Crippen molar-refractivity contribution in [3.8, 4) is 11.5 Å². The number of carbonyl (C=O) groups excluding carboxylic acids is 2. The van der Waals surface area contributed by atoms with Crippen LogP contribution in [0.4, 0.5) is 5.69 Å². The Bertz CT molecular complexity index is 832. The quantitative estimate of drug-likeness (QED) is 0.376. The van der Waals surface area contributed by atoms with Gasteiger partial charge < -0.3 is 14.8 Å². The predicted molar refractivity (Wildman–Crippen MR) is 109 cm³/mol. The van der Waals surface area contributed by atoms with Crippen molar-refractivity contribution in [3.63, 3.8) is 0 Å². The van der Waals surface area contributed by atoms with E-state index < -0.39 is 0 Å². The fourth-order valence-corrected chi connectivity index (χ4v) is 2.22. The fraction of sp³-hybridized carbons (Fsp3) is 0.190. The number of carbonyl (C=O) groups is 2. The van der Waals surface area contributed by atoms with Gasteiger partial charge >= 0.3 is 0 Å². The van der Waals surface area contributed by atoms with E-state index in [0.717, 1.165) is 5.56 Å². The Kier molecular flexibility index (Phi) is 8.26. The van der Waals surface area contributed by atoms with Crippen molar-refractivity contribution in [2.24, 2.45) is 5.10 Å². The Hall–Kier alpha value is -3.61. The van der Waals surface area contributed by atoms with E-state index in [4.69, 9.17) is 9.47 Å². The molecular weight excluding hydrogens is 358 g/mol. The predicted octanol–water partition coefficient (Wildman–Crippen LogP) is 3.13. The number of nitrogens with zero attached hydrogens (tertiary/aromatic N) is 1. The summed E-state index contributed by atoms with van der Waals surface area (Å²) in [5, 5.41) is 6.64. The number of amides is 2. The maximum Gasteiger partial charge on any atom is 0.240 e. The van der Waals surface area contributed by atoms with Crippen LogP contribution >= 0.6 is 0 Å². The van der Waals surface area contributed by atoms with Crippen LogP contribution < -0.4 is 20.2 Å². The SMILES string of the molecule is C=CCOc1ccccc1C=NNC(=O)CCC(=O)Nc1ccc(OC)cc1. The molecule has 0 fully saturated rings. The van der Waals surface area contributed by atoms with Gasteiger partial charge in [0.05, 0.1) is 13.3 Å². The van der Waals surface area contributed by atoms with Gasteiger partial charge in [-0.15, -0.1) is 0 Å². The maximum absolute atomic E-state index is 11.9. The summed E-state index contributed by atoms with van der Waals surface area (Å²) in [5.74, 6) is 0.726. The summed E-state index contributed by atoms with van der Waals surface area (Å²) in [7, 11) is 1.57. The molecule has 0 saturated heterocycles. The molecule has 0 atom stereocenters. The molecule has 2 rings (SSSR count). The van der Waals surface area contributed by atoms with Gasteiger partial charge in [0, 0.05) is 24.1 Å². The highest BCUT2D eigenvalue weighted by molar-refractivity contribution is 5.93. The van der Waals surface area contributed by atoms with Crippen molar-refractivity contribution in [3.05, 3.63) is 66.7 Å². The molecule has 0 aliphatic carbocycles. The Balaban J connectivity index is 1.77. The third-order valence-electron chi connectivity index (χ3n) is 3.62. The Labute approximate surface area is 164 Å². The minimum Gasteiger partial charge on any atom is -0.497 e. The first-order valence-electron chi connectivity index (χ1n) is 8.71. The molecule has 2 aromatic carbocycles. The molecule has 0 radical (unpaired) electrons. The first-order valence-corrected chi connectivity index (χ1v) is 8.71. The second-order valence-electron chi connectivity index (χ2n) is 5.71. The lowest BCUT2D eigenvalue weighted by Crippen LogP contribution is -2.20. The minimum absolute atomic E-state index is 0.0218. The minimum atomic E-state index is -0.356. The molecule has 0 bridgehead atoms. The number of para-hydroxylation sites is 1. The average Bonchev–Trinajstić information content (AvgIpc) is 2.72. The number of methoxy groups -OCH3 is 1. The van der Waals surface area contributed by atoms with Crippen molar-refractivity contribution >= 4 is 23.7 Å². The van der Waals surface area contributed by atoms with E-state index >= 15 is 0 Å². The summed E-state index contributed by atoms with van der Waals surface area (Å²) < 4.78 is 10.6. The van der Waals surface area contributed by atoms with Crippen LogP contribution in [-0.2, 0) is 9.59 Å². The normalized spacial score (nSPS) is 10.3. The molecule has 7 heteroatoms. The van der Waals surface area contributed by atoms with Crippen molar-refractivity contribution in [2.75, 3.05) is 19.0 Å². The first kappa shape index (κ1) is 20.7. The van der Waals surface area contributed by atoms with Crippen LogP contribution in [0, 0.1) is 0 Å². The molecule has 2 aromatic rings. The highest BCUT2D eigenvalue weighted by Crippen LogP contribution is 2.16. The van der Waals surface area contributed by atoms with Gasteiger partial charge in [-0.25, -0.2) is 5.43 Å². The highest BCUT2D eigenvalue weighted by Gasteiger charge is 2.07. The van der Waals surface area contributed by atoms with E-state index in [1.165, 1.54) is 6.21 Å². The standard InChI is InChI=1S/C21H23N3O4/c1-3-14-28-19-7-5-4-6-16(19)15-22-24-21(26)13-12-20(25)23-17-8-10-18(27-2)11-9-17/h3-11,15H,1,12-14H2,2H3,(H,23,25)(H,24,26). The number of hydrogen-bond donors (Lipinski definition) is 2. The molecule has 0 aliphatic rings. The van der Waals surface area contributed by atoms with Crippen LogP contribution in [0.1, 0.15) is 18.4 Å². The summed E-state index contributed by atoms with van der Waals surface area (Å²) >= 11 is 0. The van der Waals surface area contributed by atoms with Crippen molar-refractivity contribution in [1.29, 1.82) is 0 Å². The molecular formula is C21H23N3O4. The highest BCUT2D eigenvalue weighted by atomic mass is 16.5. The van der Waals surface area contributed by atoms with Crippen LogP contribution in [0.25, 0.3) is 0 Å². The number of hydrazone groups is 1. The fourth-order valence-electron chi connectivity index (χ4n) is 2.22. The number of ether oxygens (including phenoxy) is 2. The second kappa shape index (κ2) is 11.2. The topological polar surface area (TPSA) is 89.0 Å². The zero-order chi connectivity index (χ0) is 20.2. The van der Waals surface area contributed by atoms with Gasteiger partial charge in [0.25, 0.3) is 0 Å².